The molecule has 88 valence electrons. The molecule has 1 heterocycles. The summed E-state index contributed by atoms with van der Waals surface area (Å²) in [7, 11) is 0. The molecular weight excluding hydrogens is 236 g/mol. The number of amides is 3. The molecular formula is C8H11ClN4O3. The summed E-state index contributed by atoms with van der Waals surface area (Å²) in [5, 5.41) is 8.07. The lowest BCUT2D eigenvalue weighted by molar-refractivity contribution is -0.117. The van der Waals surface area contributed by atoms with Gasteiger partial charge in [0, 0.05) is 13.0 Å². The molecule has 1 aromatic rings. The fraction of sp³-hybridized carbons (Fsp3) is 0.500. The van der Waals surface area contributed by atoms with Crippen LogP contribution in [0.15, 0.2) is 4.52 Å². The molecule has 0 aromatic carbocycles. The number of carbonyl (C=O) groups is 2. The van der Waals surface area contributed by atoms with Crippen LogP contribution in [0.25, 0.3) is 0 Å². The van der Waals surface area contributed by atoms with E-state index < -0.39 is 11.9 Å². The first-order chi connectivity index (χ1) is 7.61. The maximum atomic E-state index is 11.0. The Morgan fingerprint density at radius 1 is 1.50 bits per heavy atom. The second-order valence-electron chi connectivity index (χ2n) is 2.92. The molecule has 0 spiro atoms. The third-order valence-electron chi connectivity index (χ3n) is 1.57. The highest BCUT2D eigenvalue weighted by Crippen LogP contribution is 1.95. The molecule has 0 radical (unpaired) electrons. The van der Waals surface area contributed by atoms with Gasteiger partial charge in [-0.2, -0.15) is 4.98 Å². The molecule has 0 saturated heterocycles. The highest BCUT2D eigenvalue weighted by molar-refractivity contribution is 6.28. The highest BCUT2D eigenvalue weighted by Gasteiger charge is 2.06. The van der Waals surface area contributed by atoms with Gasteiger partial charge < -0.3 is 9.84 Å². The van der Waals surface area contributed by atoms with Crippen molar-refractivity contribution in [3.05, 3.63) is 11.7 Å². The summed E-state index contributed by atoms with van der Waals surface area (Å²) in [5.41, 5.74) is 0. The fourth-order valence-electron chi connectivity index (χ4n) is 0.929. The maximum absolute atomic E-state index is 11.0. The molecule has 0 aliphatic carbocycles. The van der Waals surface area contributed by atoms with E-state index in [1.165, 1.54) is 0 Å². The number of nitrogens with zero attached hydrogens (tertiary/aromatic N) is 2. The first-order valence-corrected chi connectivity index (χ1v) is 5.08. The van der Waals surface area contributed by atoms with Gasteiger partial charge in [0.15, 0.2) is 5.82 Å². The number of hydrogen-bond donors (Lipinski definition) is 2. The summed E-state index contributed by atoms with van der Waals surface area (Å²) in [5.74, 6) is 0.169. The summed E-state index contributed by atoms with van der Waals surface area (Å²) < 4.78 is 4.83. The minimum Gasteiger partial charge on any atom is -0.339 e. The molecule has 0 fully saturated rings. The van der Waals surface area contributed by atoms with E-state index in [0.29, 0.717) is 24.7 Å². The average molecular weight is 247 g/mol. The predicted molar refractivity (Wildman–Crippen MR) is 55.0 cm³/mol. The zero-order valence-electron chi connectivity index (χ0n) is 8.62. The quantitative estimate of drug-likeness (QED) is 0.728. The molecule has 16 heavy (non-hydrogen) atoms. The molecule has 0 bridgehead atoms. The van der Waals surface area contributed by atoms with Crippen molar-refractivity contribution >= 4 is 23.5 Å². The van der Waals surface area contributed by atoms with Crippen molar-refractivity contribution < 1.29 is 14.1 Å². The third kappa shape index (κ3) is 4.26. The number of urea groups is 1. The summed E-state index contributed by atoms with van der Waals surface area (Å²) in [6, 6.07) is -0.595. The van der Waals surface area contributed by atoms with Crippen molar-refractivity contribution in [1.29, 1.82) is 0 Å². The Kier molecular flexibility index (Phi) is 4.71. The standard InChI is InChI=1S/C8H11ClN4O3/c1-5-11-7(16-13-5)2-3-10-8(15)12-6(14)4-9/h2-4H2,1H3,(H2,10,12,14,15). The monoisotopic (exact) mass is 246 g/mol. The van der Waals surface area contributed by atoms with E-state index in [1.54, 1.807) is 6.92 Å². The summed E-state index contributed by atoms with van der Waals surface area (Å²) in [6.07, 6.45) is 0.406. The van der Waals surface area contributed by atoms with E-state index in [9.17, 15) is 9.59 Å². The number of imide groups is 1. The molecule has 7 nitrogen and oxygen atoms in total. The Hall–Kier alpha value is -1.63. The molecule has 0 atom stereocenters. The van der Waals surface area contributed by atoms with Gasteiger partial charge in [0.1, 0.15) is 5.88 Å². The van der Waals surface area contributed by atoms with Crippen molar-refractivity contribution in [3.63, 3.8) is 0 Å². The molecule has 1 aromatic heterocycles. The summed E-state index contributed by atoms with van der Waals surface area (Å²) in [6.45, 7) is 2.00. The van der Waals surface area contributed by atoms with Crippen LogP contribution < -0.4 is 10.6 Å². The minimum absolute atomic E-state index is 0.254. The van der Waals surface area contributed by atoms with Crippen LogP contribution in [0.4, 0.5) is 4.79 Å². The van der Waals surface area contributed by atoms with Crippen molar-refractivity contribution in [3.8, 4) is 0 Å². The van der Waals surface area contributed by atoms with E-state index in [2.05, 4.69) is 15.5 Å². The SMILES string of the molecule is Cc1noc(CCNC(=O)NC(=O)CCl)n1. The molecule has 0 unspecified atom stereocenters. The largest absolute Gasteiger partial charge is 0.339 e. The summed E-state index contributed by atoms with van der Waals surface area (Å²) in [4.78, 5) is 25.7. The number of hydrogen-bond acceptors (Lipinski definition) is 5. The molecule has 1 rings (SSSR count). The first-order valence-electron chi connectivity index (χ1n) is 4.54. The average Bonchev–Trinajstić information content (AvgIpc) is 2.64. The Morgan fingerprint density at radius 2 is 2.25 bits per heavy atom. The highest BCUT2D eigenvalue weighted by atomic mass is 35.5. The van der Waals surface area contributed by atoms with Crippen LogP contribution in [-0.4, -0.2) is 34.5 Å². The van der Waals surface area contributed by atoms with Crippen LogP contribution in [0.3, 0.4) is 0 Å². The minimum atomic E-state index is -0.595. The first kappa shape index (κ1) is 12.4. The Morgan fingerprint density at radius 3 is 2.81 bits per heavy atom. The lowest BCUT2D eigenvalue weighted by Crippen LogP contribution is -2.40. The topological polar surface area (TPSA) is 97.1 Å². The van der Waals surface area contributed by atoms with Crippen LogP contribution in [0.2, 0.25) is 0 Å². The van der Waals surface area contributed by atoms with Crippen molar-refractivity contribution in [1.82, 2.24) is 20.8 Å². The molecule has 8 heteroatoms. The van der Waals surface area contributed by atoms with E-state index >= 15 is 0 Å². The van der Waals surface area contributed by atoms with Gasteiger partial charge in [-0.25, -0.2) is 4.79 Å². The van der Waals surface area contributed by atoms with Crippen LogP contribution in [0.1, 0.15) is 11.7 Å². The number of aromatic nitrogens is 2. The summed E-state index contributed by atoms with van der Waals surface area (Å²) >= 11 is 5.20. The van der Waals surface area contributed by atoms with Crippen LogP contribution >= 0.6 is 11.6 Å². The fourth-order valence-corrected chi connectivity index (χ4v) is 0.996. The van der Waals surface area contributed by atoms with Gasteiger partial charge in [-0.3, -0.25) is 10.1 Å². The Bertz CT molecular complexity index is 379. The number of aryl methyl sites for hydroxylation is 1. The molecule has 0 saturated carbocycles. The number of carbonyl (C=O) groups excluding carboxylic acids is 2. The zero-order valence-corrected chi connectivity index (χ0v) is 9.37. The van der Waals surface area contributed by atoms with Crippen molar-refractivity contribution in [2.24, 2.45) is 0 Å². The number of alkyl halides is 1. The number of halogens is 1. The van der Waals surface area contributed by atoms with Gasteiger partial charge in [-0.05, 0) is 6.92 Å². The molecule has 3 amide bonds. The second-order valence-corrected chi connectivity index (χ2v) is 3.19. The number of rotatable bonds is 4. The molecule has 0 aliphatic rings. The van der Waals surface area contributed by atoms with Crippen molar-refractivity contribution in [2.75, 3.05) is 12.4 Å². The predicted octanol–water partition coefficient (Wildman–Crippen LogP) is -0.0149. The van der Waals surface area contributed by atoms with Crippen LogP contribution in [-0.2, 0) is 11.2 Å². The van der Waals surface area contributed by atoms with E-state index in [1.807, 2.05) is 5.32 Å². The van der Waals surface area contributed by atoms with Gasteiger partial charge in [-0.15, -0.1) is 11.6 Å². The smallest absolute Gasteiger partial charge is 0.321 e. The van der Waals surface area contributed by atoms with E-state index in [4.69, 9.17) is 16.1 Å². The zero-order chi connectivity index (χ0) is 12.0. The van der Waals surface area contributed by atoms with Crippen LogP contribution in [0, 0.1) is 6.92 Å². The molecule has 2 N–H and O–H groups in total. The third-order valence-corrected chi connectivity index (χ3v) is 1.81. The lowest BCUT2D eigenvalue weighted by Gasteiger charge is -2.03. The van der Waals surface area contributed by atoms with Crippen LogP contribution in [0.5, 0.6) is 0 Å². The lowest BCUT2D eigenvalue weighted by atomic mass is 10.4. The maximum Gasteiger partial charge on any atom is 0.321 e. The molecule has 0 aliphatic heterocycles. The number of nitrogens with one attached hydrogen (secondary N) is 2. The van der Waals surface area contributed by atoms with Gasteiger partial charge >= 0.3 is 6.03 Å². The van der Waals surface area contributed by atoms with E-state index in [-0.39, 0.29) is 5.88 Å². The normalized spacial score (nSPS) is 9.88. The van der Waals surface area contributed by atoms with Gasteiger partial charge in [0.25, 0.3) is 0 Å². The van der Waals surface area contributed by atoms with E-state index in [0.717, 1.165) is 0 Å². The van der Waals surface area contributed by atoms with Gasteiger partial charge in [0.2, 0.25) is 11.8 Å². The van der Waals surface area contributed by atoms with Crippen molar-refractivity contribution in [2.45, 2.75) is 13.3 Å². The Balaban J connectivity index is 2.20. The van der Waals surface area contributed by atoms with Gasteiger partial charge in [-0.1, -0.05) is 5.16 Å². The van der Waals surface area contributed by atoms with Gasteiger partial charge in [0.05, 0.1) is 0 Å². The Labute approximate surface area is 96.5 Å². The second kappa shape index (κ2) is 6.06.